The lowest BCUT2D eigenvalue weighted by molar-refractivity contribution is 0.119. The summed E-state index contributed by atoms with van der Waals surface area (Å²) in [5.74, 6) is 0. The van der Waals surface area contributed by atoms with Gasteiger partial charge in [-0.1, -0.05) is 31.9 Å². The summed E-state index contributed by atoms with van der Waals surface area (Å²) in [4.78, 5) is 16.9. The molecule has 0 aromatic heterocycles. The van der Waals surface area contributed by atoms with Crippen LogP contribution in [0.3, 0.4) is 0 Å². The smallest absolute Gasteiger partial charge is 0.394 e. The Hall–Kier alpha value is 1.18. The van der Waals surface area contributed by atoms with Crippen molar-refractivity contribution in [3.8, 4) is 0 Å². The Balaban J connectivity index is 4.50. The van der Waals surface area contributed by atoms with Crippen LogP contribution in [0.1, 0.15) is 0 Å². The van der Waals surface area contributed by atoms with Crippen molar-refractivity contribution in [1.82, 2.24) is 0 Å². The fraction of sp³-hybridized carbons (Fsp3) is 1.00. The van der Waals surface area contributed by atoms with Crippen molar-refractivity contribution in [2.45, 2.75) is 4.83 Å². The minimum Gasteiger partial charge on any atom is -0.394 e. The summed E-state index contributed by atoms with van der Waals surface area (Å²) in [5.41, 5.74) is 0. The number of hydrogen-bond acceptors (Lipinski definition) is 6. The van der Waals surface area contributed by atoms with Crippen LogP contribution in [0, 0.1) is 0 Å². The highest BCUT2D eigenvalue weighted by Gasteiger charge is 2.36. The van der Waals surface area contributed by atoms with E-state index in [4.69, 9.17) is 19.4 Å². The Kier molecular flexibility index (Phi) is 8.95. The van der Waals surface area contributed by atoms with Crippen LogP contribution in [-0.4, -0.2) is 44.9 Å². The fourth-order valence-electron chi connectivity index (χ4n) is 0.584. The molecule has 2 unspecified atom stereocenters. The highest BCUT2D eigenvalue weighted by molar-refractivity contribution is 9.12. The normalized spacial score (nSPS) is 17.7. The van der Waals surface area contributed by atoms with Crippen LogP contribution in [-0.2, 0) is 22.5 Å². The molecule has 12 heteroatoms. The van der Waals surface area contributed by atoms with Gasteiger partial charge in [0, 0.05) is 10.2 Å². The topological polar surface area (TPSA) is 123 Å². The van der Waals surface area contributed by atoms with E-state index < -0.39 is 28.9 Å². The Morgan fingerprint density at radius 3 is 2.24 bits per heavy atom. The van der Waals surface area contributed by atoms with Crippen molar-refractivity contribution in [2.75, 3.05) is 25.2 Å². The van der Waals surface area contributed by atoms with Crippen LogP contribution in [0.15, 0.2) is 0 Å². The van der Waals surface area contributed by atoms with E-state index in [1.165, 1.54) is 0 Å². The molecule has 0 aliphatic rings. The second-order valence-corrected chi connectivity index (χ2v) is 7.61. The van der Waals surface area contributed by atoms with Crippen LogP contribution in [0.2, 0.25) is 0 Å². The van der Waals surface area contributed by atoms with Gasteiger partial charge in [0.15, 0.2) is 0 Å². The highest BCUT2D eigenvalue weighted by atomic mass is 79.9. The van der Waals surface area contributed by atoms with Crippen molar-refractivity contribution in [2.24, 2.45) is 0 Å². The third kappa shape index (κ3) is 9.72. The van der Waals surface area contributed by atoms with Gasteiger partial charge in [0.2, 0.25) is 0 Å². The van der Waals surface area contributed by atoms with Gasteiger partial charge < -0.3 is 14.9 Å². The molecule has 0 fully saturated rings. The average molecular weight is 422 g/mol. The lowest BCUT2D eigenvalue weighted by atomic mass is 10.5. The van der Waals surface area contributed by atoms with Crippen molar-refractivity contribution in [1.29, 1.82) is 0 Å². The number of phosphoric ester groups is 1. The molecule has 0 rings (SSSR count). The minimum absolute atomic E-state index is 0.159. The predicted molar refractivity (Wildman–Crippen MR) is 66.2 cm³/mol. The standard InChI is InChI=1S/C5H12Br2O8P2/c6-3-5(7)4-14-17(12,13-2-1-8)15-16(9,10)11/h5,8H,1-4H2,(H2,9,10,11). The molecule has 0 radical (unpaired) electrons. The molecule has 0 amide bonds. The lowest BCUT2D eigenvalue weighted by Crippen LogP contribution is -2.11. The average Bonchev–Trinajstić information content (AvgIpc) is 2.21. The van der Waals surface area contributed by atoms with Gasteiger partial charge in [0.1, 0.15) is 0 Å². The minimum atomic E-state index is -5.02. The zero-order valence-corrected chi connectivity index (χ0v) is 13.4. The summed E-state index contributed by atoms with van der Waals surface area (Å²) in [5, 5.41) is 8.94. The van der Waals surface area contributed by atoms with E-state index in [1.54, 1.807) is 0 Å². The van der Waals surface area contributed by atoms with Gasteiger partial charge in [-0.15, -0.1) is 0 Å². The summed E-state index contributed by atoms with van der Waals surface area (Å²) in [6.45, 7) is -1.08. The van der Waals surface area contributed by atoms with Gasteiger partial charge >= 0.3 is 15.6 Å². The van der Waals surface area contributed by atoms with Gasteiger partial charge in [-0.25, -0.2) is 9.13 Å². The van der Waals surface area contributed by atoms with Gasteiger partial charge in [-0.05, 0) is 0 Å². The molecule has 8 nitrogen and oxygen atoms in total. The van der Waals surface area contributed by atoms with Gasteiger partial charge in [-0.3, -0.25) is 9.05 Å². The number of aliphatic hydroxyl groups excluding tert-OH is 1. The molecule has 0 bridgehead atoms. The van der Waals surface area contributed by atoms with Crippen LogP contribution < -0.4 is 0 Å². The Morgan fingerprint density at radius 1 is 1.24 bits per heavy atom. The molecule has 0 aromatic rings. The van der Waals surface area contributed by atoms with Crippen LogP contribution >= 0.6 is 47.5 Å². The SMILES string of the molecule is O=P(O)(O)OP(=O)(OCCO)OCC(Br)CBr. The Bertz CT molecular complexity index is 306. The molecule has 104 valence electrons. The van der Waals surface area contributed by atoms with Gasteiger partial charge in [0.05, 0.1) is 19.8 Å². The molecule has 0 aromatic carbocycles. The molecule has 0 heterocycles. The van der Waals surface area contributed by atoms with Gasteiger partial charge in [-0.2, -0.15) is 4.31 Å². The lowest BCUT2D eigenvalue weighted by Gasteiger charge is -2.18. The predicted octanol–water partition coefficient (Wildman–Crippen LogP) is 1.39. The summed E-state index contributed by atoms with van der Waals surface area (Å²) in [7, 11) is -9.42. The second-order valence-electron chi connectivity index (χ2n) is 2.62. The largest absolute Gasteiger partial charge is 0.483 e. The molecule has 0 spiro atoms. The van der Waals surface area contributed by atoms with E-state index >= 15 is 0 Å². The molecule has 0 aliphatic heterocycles. The number of hydrogen-bond donors (Lipinski definition) is 3. The number of aliphatic hydroxyl groups is 1. The third-order valence-corrected chi connectivity index (χ3v) is 5.98. The van der Waals surface area contributed by atoms with Crippen LogP contribution in [0.5, 0.6) is 0 Å². The number of rotatable bonds is 9. The zero-order valence-electron chi connectivity index (χ0n) is 8.44. The maximum Gasteiger partial charge on any atom is 0.483 e. The molecular weight excluding hydrogens is 410 g/mol. The number of phosphoric acid groups is 2. The highest BCUT2D eigenvalue weighted by Crippen LogP contribution is 2.61. The number of alkyl halides is 2. The third-order valence-electron chi connectivity index (χ3n) is 1.13. The summed E-state index contributed by atoms with van der Waals surface area (Å²) < 4.78 is 35.4. The molecular formula is C5H12Br2O8P2. The zero-order chi connectivity index (χ0) is 13.5. The van der Waals surface area contributed by atoms with E-state index in [9.17, 15) is 9.13 Å². The van der Waals surface area contributed by atoms with Crippen molar-refractivity contribution in [3.63, 3.8) is 0 Å². The van der Waals surface area contributed by atoms with Crippen LogP contribution in [0.25, 0.3) is 0 Å². The quantitative estimate of drug-likeness (QED) is 0.377. The summed E-state index contributed by atoms with van der Waals surface area (Å²) in [6, 6.07) is 0. The Morgan fingerprint density at radius 2 is 1.82 bits per heavy atom. The Labute approximate surface area is 115 Å². The first-order valence-electron chi connectivity index (χ1n) is 4.19. The van der Waals surface area contributed by atoms with Crippen molar-refractivity contribution >= 4 is 47.5 Å². The molecule has 0 saturated heterocycles. The first-order valence-corrected chi connectivity index (χ1v) is 9.22. The van der Waals surface area contributed by atoms with Crippen molar-refractivity contribution < 1.29 is 37.4 Å². The fourth-order valence-corrected chi connectivity index (χ4v) is 3.27. The molecule has 2 atom stereocenters. The monoisotopic (exact) mass is 420 g/mol. The molecule has 0 aliphatic carbocycles. The van der Waals surface area contributed by atoms with E-state index in [-0.39, 0.29) is 11.4 Å². The molecule has 3 N–H and O–H groups in total. The molecule has 17 heavy (non-hydrogen) atoms. The first-order chi connectivity index (χ1) is 7.72. The van der Waals surface area contributed by atoms with E-state index in [0.717, 1.165) is 0 Å². The van der Waals surface area contributed by atoms with Crippen molar-refractivity contribution in [3.05, 3.63) is 0 Å². The maximum atomic E-state index is 11.7. The van der Waals surface area contributed by atoms with Gasteiger partial charge in [0.25, 0.3) is 0 Å². The van der Waals surface area contributed by atoms with E-state index in [1.807, 2.05) is 0 Å². The van der Waals surface area contributed by atoms with Crippen LogP contribution in [0.4, 0.5) is 0 Å². The van der Waals surface area contributed by atoms with E-state index in [2.05, 4.69) is 40.7 Å². The van der Waals surface area contributed by atoms with E-state index in [0.29, 0.717) is 5.33 Å². The maximum absolute atomic E-state index is 11.7. The summed E-state index contributed by atoms with van der Waals surface area (Å²) >= 11 is 6.23. The number of halogens is 2. The second kappa shape index (κ2) is 8.37. The molecule has 0 saturated carbocycles. The first kappa shape index (κ1) is 18.2. The summed E-state index contributed by atoms with van der Waals surface area (Å²) in [6.07, 6.45) is 0.